The Labute approximate surface area is 153 Å². The number of amides is 1. The first-order valence-electron chi connectivity index (χ1n) is 9.49. The molecule has 0 saturated carbocycles. The molecule has 0 unspecified atom stereocenters. The number of nitrogens with zero attached hydrogens (tertiary/aromatic N) is 1. The SMILES string of the molecule is CC(C)CN1C(=O)[C@@]2([NH2+]CCc3c2[nH]c2ccccc32)c2ccccc21. The fourth-order valence-corrected chi connectivity index (χ4v) is 4.80. The number of rotatable bonds is 2. The zero-order valence-electron chi connectivity index (χ0n) is 15.3. The lowest BCUT2D eigenvalue weighted by Crippen LogP contribution is -2.99. The van der Waals surface area contributed by atoms with Crippen LogP contribution < -0.4 is 10.2 Å². The molecule has 132 valence electrons. The van der Waals surface area contributed by atoms with Gasteiger partial charge in [-0.2, -0.15) is 0 Å². The summed E-state index contributed by atoms with van der Waals surface area (Å²) in [4.78, 5) is 19.4. The number of nitrogens with one attached hydrogen (secondary N) is 1. The average molecular weight is 346 g/mol. The van der Waals surface area contributed by atoms with Gasteiger partial charge in [0.1, 0.15) is 0 Å². The van der Waals surface area contributed by atoms with Gasteiger partial charge < -0.3 is 15.2 Å². The lowest BCUT2D eigenvalue weighted by atomic mass is 9.82. The first kappa shape index (κ1) is 15.6. The maximum Gasteiger partial charge on any atom is 0.299 e. The summed E-state index contributed by atoms with van der Waals surface area (Å²) in [7, 11) is 0. The Hall–Kier alpha value is -2.59. The summed E-state index contributed by atoms with van der Waals surface area (Å²) < 4.78 is 0. The van der Waals surface area contributed by atoms with E-state index in [4.69, 9.17) is 0 Å². The lowest BCUT2D eigenvalue weighted by molar-refractivity contribution is -0.714. The van der Waals surface area contributed by atoms with Gasteiger partial charge >= 0.3 is 0 Å². The van der Waals surface area contributed by atoms with Gasteiger partial charge in [-0.25, -0.2) is 0 Å². The van der Waals surface area contributed by atoms with E-state index in [2.05, 4.69) is 66.6 Å². The molecule has 0 aliphatic carbocycles. The van der Waals surface area contributed by atoms with E-state index in [1.165, 1.54) is 10.9 Å². The number of aromatic nitrogens is 1. The van der Waals surface area contributed by atoms with Crippen LogP contribution in [0, 0.1) is 5.92 Å². The highest BCUT2D eigenvalue weighted by molar-refractivity contribution is 6.09. The van der Waals surface area contributed by atoms with Gasteiger partial charge in [-0.3, -0.25) is 4.79 Å². The number of para-hydroxylation sites is 2. The third-order valence-electron chi connectivity index (χ3n) is 5.80. The fraction of sp³-hybridized carbons (Fsp3) is 0.318. The molecule has 0 radical (unpaired) electrons. The van der Waals surface area contributed by atoms with E-state index in [-0.39, 0.29) is 5.91 Å². The Balaban J connectivity index is 1.79. The van der Waals surface area contributed by atoms with Crippen molar-refractivity contribution in [2.24, 2.45) is 5.92 Å². The van der Waals surface area contributed by atoms with Crippen molar-refractivity contribution < 1.29 is 10.1 Å². The number of quaternary nitrogens is 1. The zero-order chi connectivity index (χ0) is 17.9. The minimum atomic E-state index is -0.669. The number of nitrogens with two attached hydrogens (primary N) is 1. The molecule has 2 aromatic carbocycles. The number of fused-ring (bicyclic) bond motifs is 6. The Morgan fingerprint density at radius 2 is 1.92 bits per heavy atom. The third kappa shape index (κ3) is 1.91. The van der Waals surface area contributed by atoms with E-state index in [9.17, 15) is 4.79 Å². The van der Waals surface area contributed by atoms with Gasteiger partial charge in [-0.1, -0.05) is 44.2 Å². The van der Waals surface area contributed by atoms with E-state index in [0.29, 0.717) is 5.92 Å². The molecule has 0 fully saturated rings. The third-order valence-corrected chi connectivity index (χ3v) is 5.80. The van der Waals surface area contributed by atoms with Crippen molar-refractivity contribution in [3.8, 4) is 0 Å². The summed E-state index contributed by atoms with van der Waals surface area (Å²) >= 11 is 0. The normalized spacial score (nSPS) is 21.7. The number of hydrogen-bond donors (Lipinski definition) is 2. The predicted molar refractivity (Wildman–Crippen MR) is 103 cm³/mol. The molecular weight excluding hydrogens is 322 g/mol. The van der Waals surface area contributed by atoms with E-state index >= 15 is 0 Å². The smallest absolute Gasteiger partial charge is 0.299 e. The second-order valence-corrected chi connectivity index (χ2v) is 7.90. The van der Waals surface area contributed by atoms with Gasteiger partial charge in [-0.15, -0.1) is 0 Å². The molecule has 2 aliphatic heterocycles. The topological polar surface area (TPSA) is 52.7 Å². The predicted octanol–water partition coefficient (Wildman–Crippen LogP) is 2.53. The van der Waals surface area contributed by atoms with E-state index in [0.717, 1.165) is 42.0 Å². The maximum atomic E-state index is 13.8. The molecule has 1 atom stereocenters. The van der Waals surface area contributed by atoms with Crippen LogP contribution in [0.1, 0.15) is 30.7 Å². The van der Waals surface area contributed by atoms with Gasteiger partial charge in [0.25, 0.3) is 5.91 Å². The molecule has 3 N–H and O–H groups in total. The number of benzene rings is 2. The molecule has 2 aliphatic rings. The van der Waals surface area contributed by atoms with Crippen molar-refractivity contribution in [2.45, 2.75) is 25.8 Å². The Bertz CT molecular complexity index is 1020. The lowest BCUT2D eigenvalue weighted by Gasteiger charge is -2.31. The summed E-state index contributed by atoms with van der Waals surface area (Å²) in [6, 6.07) is 16.7. The molecule has 1 aromatic heterocycles. The first-order valence-corrected chi connectivity index (χ1v) is 9.49. The quantitative estimate of drug-likeness (QED) is 0.736. The first-order chi connectivity index (χ1) is 12.6. The Morgan fingerprint density at radius 1 is 1.15 bits per heavy atom. The van der Waals surface area contributed by atoms with Crippen molar-refractivity contribution in [2.75, 3.05) is 18.0 Å². The highest BCUT2D eigenvalue weighted by atomic mass is 16.2. The summed E-state index contributed by atoms with van der Waals surface area (Å²) in [5.74, 6) is 0.618. The number of anilines is 1. The molecule has 3 aromatic rings. The monoisotopic (exact) mass is 346 g/mol. The highest BCUT2D eigenvalue weighted by Gasteiger charge is 2.58. The van der Waals surface area contributed by atoms with E-state index in [1.54, 1.807) is 0 Å². The second kappa shape index (κ2) is 5.45. The summed E-state index contributed by atoms with van der Waals surface area (Å²) in [6.45, 7) is 6.01. The molecule has 5 rings (SSSR count). The average Bonchev–Trinajstić information content (AvgIpc) is 3.13. The van der Waals surface area contributed by atoms with Gasteiger partial charge in [0, 0.05) is 23.9 Å². The molecule has 1 spiro atoms. The van der Waals surface area contributed by atoms with Crippen LogP contribution in [0.3, 0.4) is 0 Å². The van der Waals surface area contributed by atoms with Crippen LogP contribution in [0.25, 0.3) is 10.9 Å². The number of carbonyl (C=O) groups excluding carboxylic acids is 1. The molecule has 0 bridgehead atoms. The van der Waals surface area contributed by atoms with E-state index < -0.39 is 5.54 Å². The van der Waals surface area contributed by atoms with Crippen LogP contribution in [-0.4, -0.2) is 24.0 Å². The molecule has 4 nitrogen and oxygen atoms in total. The number of H-pyrrole nitrogens is 1. The van der Waals surface area contributed by atoms with Crippen molar-refractivity contribution >= 4 is 22.5 Å². The van der Waals surface area contributed by atoms with Crippen LogP contribution >= 0.6 is 0 Å². The van der Waals surface area contributed by atoms with Gasteiger partial charge in [0.2, 0.25) is 5.54 Å². The number of hydrogen-bond acceptors (Lipinski definition) is 1. The van der Waals surface area contributed by atoms with Crippen LogP contribution in [-0.2, 0) is 16.8 Å². The Morgan fingerprint density at radius 3 is 2.77 bits per heavy atom. The summed E-state index contributed by atoms with van der Waals surface area (Å²) in [5.41, 5.74) is 5.02. The largest absolute Gasteiger partial charge is 0.352 e. The van der Waals surface area contributed by atoms with Crippen molar-refractivity contribution in [1.29, 1.82) is 0 Å². The van der Waals surface area contributed by atoms with Gasteiger partial charge in [0.15, 0.2) is 0 Å². The summed E-state index contributed by atoms with van der Waals surface area (Å²) in [6.07, 6.45) is 0.987. The highest BCUT2D eigenvalue weighted by Crippen LogP contribution is 2.45. The van der Waals surface area contributed by atoms with Crippen LogP contribution in [0.2, 0.25) is 0 Å². The van der Waals surface area contributed by atoms with Crippen molar-refractivity contribution in [3.63, 3.8) is 0 Å². The van der Waals surface area contributed by atoms with Crippen LogP contribution in [0.5, 0.6) is 0 Å². The number of aromatic amines is 1. The molecule has 0 saturated heterocycles. The maximum absolute atomic E-state index is 13.8. The standard InChI is InChI=1S/C22H23N3O/c1-14(2)13-25-19-10-6-4-8-17(19)22(21(25)26)20-16(11-12-23-22)15-7-3-5-9-18(15)24-20/h3-10,14,23-24H,11-13H2,1-2H3/p+1/t22-/m1/s1. The zero-order valence-corrected chi connectivity index (χ0v) is 15.3. The van der Waals surface area contributed by atoms with E-state index in [1.807, 2.05) is 11.0 Å². The molecule has 3 heterocycles. The van der Waals surface area contributed by atoms with Crippen LogP contribution in [0.4, 0.5) is 5.69 Å². The molecule has 26 heavy (non-hydrogen) atoms. The fourth-order valence-electron chi connectivity index (χ4n) is 4.80. The Kier molecular flexibility index (Phi) is 3.28. The minimum absolute atomic E-state index is 0.194. The van der Waals surface area contributed by atoms with Crippen molar-refractivity contribution in [3.05, 3.63) is 65.4 Å². The molecule has 4 heteroatoms. The van der Waals surface area contributed by atoms with Gasteiger partial charge in [0.05, 0.1) is 23.5 Å². The molecular formula is C22H24N3O+. The second-order valence-electron chi connectivity index (χ2n) is 7.90. The molecule has 1 amide bonds. The minimum Gasteiger partial charge on any atom is -0.352 e. The van der Waals surface area contributed by atoms with Crippen LogP contribution in [0.15, 0.2) is 48.5 Å². The summed E-state index contributed by atoms with van der Waals surface area (Å²) in [5, 5.41) is 3.49. The van der Waals surface area contributed by atoms with Gasteiger partial charge in [-0.05, 0) is 29.7 Å². The number of carbonyl (C=O) groups is 1. The van der Waals surface area contributed by atoms with Crippen molar-refractivity contribution in [1.82, 2.24) is 4.98 Å².